The summed E-state index contributed by atoms with van der Waals surface area (Å²) in [5.74, 6) is -0.153. The van der Waals surface area contributed by atoms with Crippen molar-refractivity contribution in [3.05, 3.63) is 53.2 Å². The molecule has 3 rings (SSSR count). The van der Waals surface area contributed by atoms with Crippen molar-refractivity contribution in [3.8, 4) is 17.0 Å². The number of nitrogens with zero attached hydrogens (tertiary/aromatic N) is 4. The molecular weight excluding hydrogens is 333 g/mol. The smallest absolute Gasteiger partial charge is 0.165 e. The standard InChI is InChI=1S/C19H24FN5O/c1-13-9-14(2)25(23-13)8-7-24(3)12-16-11-21-22-19(16)15-5-6-18(26-4)17(20)10-15/h5-6,9-11H,7-8,12H2,1-4H3,(H,21,22). The zero-order chi connectivity index (χ0) is 18.7. The summed E-state index contributed by atoms with van der Waals surface area (Å²) in [6.07, 6.45) is 1.79. The lowest BCUT2D eigenvalue weighted by Gasteiger charge is -2.17. The molecule has 1 aromatic carbocycles. The number of aromatic amines is 1. The van der Waals surface area contributed by atoms with Crippen LogP contribution in [0.5, 0.6) is 5.75 Å². The number of hydrogen-bond acceptors (Lipinski definition) is 4. The van der Waals surface area contributed by atoms with Crippen LogP contribution in [-0.2, 0) is 13.1 Å². The number of hydrogen-bond donors (Lipinski definition) is 1. The zero-order valence-electron chi connectivity index (χ0n) is 15.6. The number of benzene rings is 1. The van der Waals surface area contributed by atoms with Crippen LogP contribution in [-0.4, -0.2) is 45.6 Å². The van der Waals surface area contributed by atoms with Crippen molar-refractivity contribution >= 4 is 0 Å². The number of aryl methyl sites for hydroxylation is 2. The first-order valence-corrected chi connectivity index (χ1v) is 8.53. The second-order valence-electron chi connectivity index (χ2n) is 6.51. The zero-order valence-corrected chi connectivity index (χ0v) is 15.6. The minimum absolute atomic E-state index is 0.233. The Kier molecular flexibility index (Phi) is 5.37. The lowest BCUT2D eigenvalue weighted by molar-refractivity contribution is 0.304. The van der Waals surface area contributed by atoms with Gasteiger partial charge >= 0.3 is 0 Å². The summed E-state index contributed by atoms with van der Waals surface area (Å²) in [7, 11) is 3.51. The molecule has 0 saturated carbocycles. The van der Waals surface area contributed by atoms with Crippen LogP contribution in [0.3, 0.4) is 0 Å². The van der Waals surface area contributed by atoms with E-state index in [1.54, 1.807) is 12.3 Å². The Morgan fingerprint density at radius 3 is 2.73 bits per heavy atom. The SMILES string of the molecule is COc1ccc(-c2[nH]ncc2CN(C)CCn2nc(C)cc2C)cc1F. The van der Waals surface area contributed by atoms with E-state index in [1.165, 1.54) is 13.2 Å². The van der Waals surface area contributed by atoms with E-state index in [2.05, 4.69) is 40.2 Å². The summed E-state index contributed by atoms with van der Waals surface area (Å²) in [4.78, 5) is 2.20. The van der Waals surface area contributed by atoms with Gasteiger partial charge in [-0.2, -0.15) is 10.2 Å². The third-order valence-electron chi connectivity index (χ3n) is 4.40. The van der Waals surface area contributed by atoms with Crippen LogP contribution in [0.15, 0.2) is 30.5 Å². The largest absolute Gasteiger partial charge is 0.494 e. The van der Waals surface area contributed by atoms with E-state index in [0.717, 1.165) is 41.3 Å². The highest BCUT2D eigenvalue weighted by Crippen LogP contribution is 2.27. The average Bonchev–Trinajstić information content (AvgIpc) is 3.18. The molecule has 0 atom stereocenters. The minimum atomic E-state index is -0.386. The Bertz CT molecular complexity index is 886. The van der Waals surface area contributed by atoms with E-state index in [4.69, 9.17) is 4.74 Å². The summed E-state index contributed by atoms with van der Waals surface area (Å²) >= 11 is 0. The van der Waals surface area contributed by atoms with Crippen molar-refractivity contribution < 1.29 is 9.13 Å². The lowest BCUT2D eigenvalue weighted by atomic mass is 10.1. The maximum absolute atomic E-state index is 14.0. The topological polar surface area (TPSA) is 59.0 Å². The molecule has 0 bridgehead atoms. The van der Waals surface area contributed by atoms with E-state index in [1.807, 2.05) is 17.7 Å². The van der Waals surface area contributed by atoms with Gasteiger partial charge in [0, 0.05) is 29.9 Å². The summed E-state index contributed by atoms with van der Waals surface area (Å²) in [6.45, 7) is 6.44. The molecule has 6 nitrogen and oxygen atoms in total. The Balaban J connectivity index is 1.68. The van der Waals surface area contributed by atoms with Crippen molar-refractivity contribution in [2.45, 2.75) is 26.9 Å². The number of halogens is 1. The van der Waals surface area contributed by atoms with Gasteiger partial charge in [0.05, 0.1) is 31.2 Å². The van der Waals surface area contributed by atoms with Crippen LogP contribution in [0.2, 0.25) is 0 Å². The third-order valence-corrected chi connectivity index (χ3v) is 4.40. The van der Waals surface area contributed by atoms with Crippen LogP contribution < -0.4 is 4.74 Å². The molecule has 138 valence electrons. The molecule has 2 aromatic heterocycles. The molecule has 3 aromatic rings. The van der Waals surface area contributed by atoms with Crippen LogP contribution in [0, 0.1) is 19.7 Å². The predicted molar refractivity (Wildman–Crippen MR) is 98.6 cm³/mol. The van der Waals surface area contributed by atoms with Gasteiger partial charge in [-0.05, 0) is 45.2 Å². The molecule has 0 saturated heterocycles. The van der Waals surface area contributed by atoms with Crippen molar-refractivity contribution in [2.24, 2.45) is 0 Å². The van der Waals surface area contributed by atoms with Gasteiger partial charge in [0.25, 0.3) is 0 Å². The van der Waals surface area contributed by atoms with Crippen molar-refractivity contribution in [1.29, 1.82) is 0 Å². The van der Waals surface area contributed by atoms with Crippen LogP contribution in [0.25, 0.3) is 11.3 Å². The molecule has 0 aliphatic rings. The number of ether oxygens (including phenoxy) is 1. The molecule has 0 spiro atoms. The molecule has 0 radical (unpaired) electrons. The van der Waals surface area contributed by atoms with Crippen molar-refractivity contribution in [1.82, 2.24) is 24.9 Å². The first-order valence-electron chi connectivity index (χ1n) is 8.53. The molecular formula is C19H24FN5O. The van der Waals surface area contributed by atoms with E-state index in [9.17, 15) is 4.39 Å². The number of nitrogens with one attached hydrogen (secondary N) is 1. The number of aromatic nitrogens is 4. The lowest BCUT2D eigenvalue weighted by Crippen LogP contribution is -2.23. The minimum Gasteiger partial charge on any atom is -0.494 e. The molecule has 0 fully saturated rings. The molecule has 26 heavy (non-hydrogen) atoms. The van der Waals surface area contributed by atoms with Gasteiger partial charge in [-0.3, -0.25) is 9.78 Å². The normalized spacial score (nSPS) is 11.3. The van der Waals surface area contributed by atoms with Gasteiger partial charge in [0.15, 0.2) is 11.6 Å². The van der Waals surface area contributed by atoms with Crippen LogP contribution in [0.1, 0.15) is 17.0 Å². The number of rotatable bonds is 7. The van der Waals surface area contributed by atoms with Gasteiger partial charge < -0.3 is 9.64 Å². The highest BCUT2D eigenvalue weighted by atomic mass is 19.1. The average molecular weight is 357 g/mol. The van der Waals surface area contributed by atoms with E-state index in [-0.39, 0.29) is 11.6 Å². The van der Waals surface area contributed by atoms with Crippen molar-refractivity contribution in [3.63, 3.8) is 0 Å². The quantitative estimate of drug-likeness (QED) is 0.706. The fraction of sp³-hybridized carbons (Fsp3) is 0.368. The number of likely N-dealkylation sites (N-methyl/N-ethyl adjacent to an activating group) is 1. The Hall–Kier alpha value is -2.67. The molecule has 7 heteroatoms. The Morgan fingerprint density at radius 1 is 1.27 bits per heavy atom. The molecule has 0 unspecified atom stereocenters. The number of H-pyrrole nitrogens is 1. The molecule has 0 amide bonds. The van der Waals surface area contributed by atoms with Gasteiger partial charge in [0.2, 0.25) is 0 Å². The monoisotopic (exact) mass is 357 g/mol. The van der Waals surface area contributed by atoms with Gasteiger partial charge in [0.1, 0.15) is 0 Å². The predicted octanol–water partition coefficient (Wildman–Crippen LogP) is 3.17. The maximum atomic E-state index is 14.0. The van der Waals surface area contributed by atoms with E-state index < -0.39 is 0 Å². The van der Waals surface area contributed by atoms with Crippen LogP contribution in [0.4, 0.5) is 4.39 Å². The second-order valence-corrected chi connectivity index (χ2v) is 6.51. The van der Waals surface area contributed by atoms with E-state index >= 15 is 0 Å². The first-order chi connectivity index (χ1) is 12.5. The second kappa shape index (κ2) is 7.70. The Morgan fingerprint density at radius 2 is 2.08 bits per heavy atom. The molecule has 2 heterocycles. The highest BCUT2D eigenvalue weighted by Gasteiger charge is 2.13. The van der Waals surface area contributed by atoms with Crippen molar-refractivity contribution in [2.75, 3.05) is 20.7 Å². The summed E-state index contributed by atoms with van der Waals surface area (Å²) in [5.41, 5.74) is 4.79. The molecule has 0 aliphatic carbocycles. The summed E-state index contributed by atoms with van der Waals surface area (Å²) in [6, 6.07) is 6.99. The van der Waals surface area contributed by atoms with Gasteiger partial charge in [-0.25, -0.2) is 4.39 Å². The fourth-order valence-electron chi connectivity index (χ4n) is 3.04. The fourth-order valence-corrected chi connectivity index (χ4v) is 3.04. The van der Waals surface area contributed by atoms with Gasteiger partial charge in [-0.15, -0.1) is 0 Å². The van der Waals surface area contributed by atoms with E-state index in [0.29, 0.717) is 6.54 Å². The molecule has 0 aliphatic heterocycles. The van der Waals surface area contributed by atoms with Crippen LogP contribution >= 0.6 is 0 Å². The Labute approximate surface area is 152 Å². The molecule has 1 N–H and O–H groups in total. The highest BCUT2D eigenvalue weighted by molar-refractivity contribution is 5.63. The third kappa shape index (κ3) is 3.94. The first kappa shape index (κ1) is 18.1. The maximum Gasteiger partial charge on any atom is 0.165 e. The summed E-state index contributed by atoms with van der Waals surface area (Å²) in [5, 5.41) is 11.6. The summed E-state index contributed by atoms with van der Waals surface area (Å²) < 4.78 is 21.0. The van der Waals surface area contributed by atoms with Gasteiger partial charge in [-0.1, -0.05) is 0 Å². The number of methoxy groups -OCH3 is 1.